The number of methoxy groups -OCH3 is 2. The monoisotopic (exact) mass is 552 g/mol. The first-order valence-corrected chi connectivity index (χ1v) is 14.6. The van der Waals surface area contributed by atoms with Gasteiger partial charge in [0.15, 0.2) is 11.5 Å². The van der Waals surface area contributed by atoms with Crippen molar-refractivity contribution in [1.29, 1.82) is 0 Å². The number of fused-ring (bicyclic) bond motifs is 1. The first-order chi connectivity index (χ1) is 18.8. The van der Waals surface area contributed by atoms with Crippen LogP contribution in [0.15, 0.2) is 76.3 Å². The summed E-state index contributed by atoms with van der Waals surface area (Å²) in [6.07, 6.45) is 0.857. The number of benzene rings is 3. The molecule has 0 amide bonds. The standard InChI is InChI=1S/C29H32N2O7S/c1-36-26-11-8-21(16-27(26)37-2)18-30-28(32)24-17-23(38-19-20-6-4-3-5-7-20)9-10-25(24)31(29(30)33)22-12-14-39(34,35)15-13-22/h3-11,16-17,22,34-35H,12-15,18-19H2,1-2H3. The Bertz CT molecular complexity index is 1590. The van der Waals surface area contributed by atoms with E-state index in [-0.39, 0.29) is 24.1 Å². The van der Waals surface area contributed by atoms with Crippen LogP contribution in [0.3, 0.4) is 0 Å². The summed E-state index contributed by atoms with van der Waals surface area (Å²) in [5, 5.41) is 0.359. The summed E-state index contributed by atoms with van der Waals surface area (Å²) in [7, 11) is 0.430. The summed E-state index contributed by atoms with van der Waals surface area (Å²) >= 11 is 0. The predicted octanol–water partition coefficient (Wildman–Crippen LogP) is 4.89. The van der Waals surface area contributed by atoms with Crippen LogP contribution in [-0.4, -0.2) is 44.0 Å². The van der Waals surface area contributed by atoms with Crippen LogP contribution in [0.2, 0.25) is 0 Å². The number of hydrogen-bond acceptors (Lipinski definition) is 7. The molecule has 5 rings (SSSR count). The van der Waals surface area contributed by atoms with E-state index in [1.807, 2.05) is 30.3 Å². The summed E-state index contributed by atoms with van der Waals surface area (Å²) in [5.74, 6) is 2.01. The lowest BCUT2D eigenvalue weighted by Gasteiger charge is -2.40. The number of nitrogens with zero attached hydrogens (tertiary/aromatic N) is 2. The van der Waals surface area contributed by atoms with Gasteiger partial charge in [0.25, 0.3) is 5.56 Å². The van der Waals surface area contributed by atoms with Crippen LogP contribution in [0.25, 0.3) is 10.9 Å². The Labute approximate surface area is 227 Å². The average molecular weight is 553 g/mol. The molecular weight excluding hydrogens is 520 g/mol. The molecule has 10 heteroatoms. The molecule has 9 nitrogen and oxygen atoms in total. The number of ether oxygens (including phenoxy) is 3. The van der Waals surface area contributed by atoms with Gasteiger partial charge in [0.1, 0.15) is 12.4 Å². The minimum atomic E-state index is -2.64. The SMILES string of the molecule is COc1ccc(Cn2c(=O)c3cc(OCc4ccccc4)ccc3n(C3CCS(O)(O)CC3)c2=O)cc1OC. The zero-order valence-corrected chi connectivity index (χ0v) is 22.7. The van der Waals surface area contributed by atoms with Crippen molar-refractivity contribution in [3.8, 4) is 17.2 Å². The van der Waals surface area contributed by atoms with Gasteiger partial charge >= 0.3 is 5.69 Å². The average Bonchev–Trinajstić information content (AvgIpc) is 2.95. The normalized spacial score (nSPS) is 16.1. The van der Waals surface area contributed by atoms with Gasteiger partial charge in [0, 0.05) is 17.5 Å². The van der Waals surface area contributed by atoms with Gasteiger partial charge < -0.3 is 14.2 Å². The van der Waals surface area contributed by atoms with Crippen LogP contribution < -0.4 is 25.5 Å². The molecule has 0 radical (unpaired) electrons. The van der Waals surface area contributed by atoms with Crippen LogP contribution in [0, 0.1) is 0 Å². The molecule has 3 aromatic carbocycles. The molecule has 39 heavy (non-hydrogen) atoms. The zero-order valence-electron chi connectivity index (χ0n) is 21.9. The van der Waals surface area contributed by atoms with E-state index in [0.29, 0.717) is 53.2 Å². The molecule has 0 atom stereocenters. The van der Waals surface area contributed by atoms with Crippen molar-refractivity contribution >= 4 is 21.5 Å². The van der Waals surface area contributed by atoms with Gasteiger partial charge in [-0.2, -0.15) is 10.6 Å². The van der Waals surface area contributed by atoms with Crippen LogP contribution in [-0.2, 0) is 13.2 Å². The Morgan fingerprint density at radius 1 is 0.872 bits per heavy atom. The summed E-state index contributed by atoms with van der Waals surface area (Å²) < 4.78 is 39.9. The van der Waals surface area contributed by atoms with E-state index in [0.717, 1.165) is 5.56 Å². The molecule has 2 N–H and O–H groups in total. The minimum absolute atomic E-state index is 0.0327. The maximum Gasteiger partial charge on any atom is 0.332 e. The zero-order chi connectivity index (χ0) is 27.6. The molecule has 1 aromatic heterocycles. The summed E-state index contributed by atoms with van der Waals surface area (Å²) in [6.45, 7) is 0.372. The van der Waals surface area contributed by atoms with Crippen molar-refractivity contribution in [2.24, 2.45) is 0 Å². The summed E-state index contributed by atoms with van der Waals surface area (Å²) in [6, 6.07) is 19.9. The highest BCUT2D eigenvalue weighted by atomic mass is 32.3. The van der Waals surface area contributed by atoms with E-state index < -0.39 is 21.8 Å². The van der Waals surface area contributed by atoms with E-state index >= 15 is 0 Å². The molecule has 0 aliphatic carbocycles. The highest BCUT2D eigenvalue weighted by Crippen LogP contribution is 2.47. The topological polar surface area (TPSA) is 112 Å². The van der Waals surface area contributed by atoms with Crippen molar-refractivity contribution in [1.82, 2.24) is 9.13 Å². The maximum atomic E-state index is 13.9. The molecule has 1 aliphatic rings. The van der Waals surface area contributed by atoms with Gasteiger partial charge in [-0.05, 0) is 54.3 Å². The van der Waals surface area contributed by atoms with E-state index in [4.69, 9.17) is 14.2 Å². The van der Waals surface area contributed by atoms with Gasteiger partial charge in [-0.15, -0.1) is 0 Å². The number of rotatable bonds is 8. The Morgan fingerprint density at radius 2 is 1.59 bits per heavy atom. The molecule has 1 saturated heterocycles. The van der Waals surface area contributed by atoms with Crippen molar-refractivity contribution in [2.45, 2.75) is 32.0 Å². The molecule has 0 saturated carbocycles. The van der Waals surface area contributed by atoms with E-state index in [9.17, 15) is 18.7 Å². The van der Waals surface area contributed by atoms with Crippen molar-refractivity contribution in [3.63, 3.8) is 0 Å². The second kappa shape index (κ2) is 11.2. The Morgan fingerprint density at radius 3 is 2.28 bits per heavy atom. The van der Waals surface area contributed by atoms with Crippen LogP contribution in [0.4, 0.5) is 0 Å². The molecule has 0 spiro atoms. The highest BCUT2D eigenvalue weighted by Gasteiger charge is 2.28. The second-order valence-corrected chi connectivity index (χ2v) is 12.0. The fraction of sp³-hybridized carbons (Fsp3) is 0.310. The minimum Gasteiger partial charge on any atom is -0.493 e. The quantitative estimate of drug-likeness (QED) is 0.320. The Balaban J connectivity index is 1.59. The Kier molecular flexibility index (Phi) is 7.69. The molecule has 1 aliphatic heterocycles. The Hall–Kier alpha value is -3.73. The molecule has 4 aromatic rings. The lowest BCUT2D eigenvalue weighted by atomic mass is 10.1. The lowest BCUT2D eigenvalue weighted by molar-refractivity contribution is 0.306. The molecule has 0 bridgehead atoms. The number of aromatic nitrogens is 2. The van der Waals surface area contributed by atoms with Crippen LogP contribution >= 0.6 is 10.6 Å². The van der Waals surface area contributed by atoms with Crippen molar-refractivity contribution < 1.29 is 23.3 Å². The van der Waals surface area contributed by atoms with Gasteiger partial charge in [-0.1, -0.05) is 36.4 Å². The first-order valence-electron chi connectivity index (χ1n) is 12.7. The molecule has 0 unspecified atom stereocenters. The number of hydrogen-bond donors (Lipinski definition) is 2. The second-order valence-electron chi connectivity index (χ2n) is 9.63. The summed E-state index contributed by atoms with van der Waals surface area (Å²) in [4.78, 5) is 27.6. The van der Waals surface area contributed by atoms with E-state index in [1.54, 1.807) is 48.1 Å². The van der Waals surface area contributed by atoms with Crippen LogP contribution in [0.1, 0.15) is 30.0 Å². The molecule has 2 heterocycles. The van der Waals surface area contributed by atoms with Gasteiger partial charge in [0.2, 0.25) is 0 Å². The lowest BCUT2D eigenvalue weighted by Crippen LogP contribution is -2.43. The molecule has 206 valence electrons. The summed E-state index contributed by atoms with van der Waals surface area (Å²) in [5.41, 5.74) is 1.33. The van der Waals surface area contributed by atoms with Crippen molar-refractivity contribution in [3.05, 3.63) is 98.7 Å². The van der Waals surface area contributed by atoms with E-state index in [1.165, 1.54) is 11.7 Å². The van der Waals surface area contributed by atoms with Gasteiger partial charge in [-0.25, -0.2) is 4.79 Å². The molecule has 1 fully saturated rings. The van der Waals surface area contributed by atoms with E-state index in [2.05, 4.69) is 0 Å². The highest BCUT2D eigenvalue weighted by molar-refractivity contribution is 8.24. The largest absolute Gasteiger partial charge is 0.493 e. The fourth-order valence-electron chi connectivity index (χ4n) is 5.00. The smallest absolute Gasteiger partial charge is 0.332 e. The van der Waals surface area contributed by atoms with Gasteiger partial charge in [0.05, 0.1) is 31.7 Å². The van der Waals surface area contributed by atoms with Crippen molar-refractivity contribution in [2.75, 3.05) is 25.7 Å². The molecular formula is C29H32N2O7S. The third-order valence-electron chi connectivity index (χ3n) is 7.10. The van der Waals surface area contributed by atoms with Crippen LogP contribution in [0.5, 0.6) is 17.2 Å². The van der Waals surface area contributed by atoms with Gasteiger partial charge in [-0.3, -0.25) is 23.0 Å². The maximum absolute atomic E-state index is 13.9. The first kappa shape index (κ1) is 26.9. The predicted molar refractivity (Wildman–Crippen MR) is 153 cm³/mol. The third-order valence-corrected chi connectivity index (χ3v) is 8.88. The fourth-order valence-corrected chi connectivity index (χ4v) is 6.50. The third kappa shape index (κ3) is 5.68.